The van der Waals surface area contributed by atoms with E-state index in [2.05, 4.69) is 15.5 Å². The van der Waals surface area contributed by atoms with Crippen LogP contribution in [0.4, 0.5) is 17.6 Å². The Balaban J connectivity index is 1.83. The largest absolute Gasteiger partial charge is 0.417 e. The maximum absolute atomic E-state index is 12.9. The van der Waals surface area contributed by atoms with Gasteiger partial charge in [-0.05, 0) is 23.8 Å². The Kier molecular flexibility index (Phi) is 6.04. The van der Waals surface area contributed by atoms with Crippen LogP contribution in [0.3, 0.4) is 0 Å². The van der Waals surface area contributed by atoms with Crippen molar-refractivity contribution in [2.24, 2.45) is 5.16 Å². The van der Waals surface area contributed by atoms with Crippen molar-refractivity contribution in [1.29, 1.82) is 0 Å². The molecular formula is C16H13F4N3O2. The predicted molar refractivity (Wildman–Crippen MR) is 81.3 cm³/mol. The van der Waals surface area contributed by atoms with Crippen LogP contribution < -0.4 is 5.32 Å². The maximum Gasteiger partial charge on any atom is 0.417 e. The van der Waals surface area contributed by atoms with Crippen molar-refractivity contribution in [2.75, 3.05) is 6.54 Å². The SMILES string of the molecule is O=C(NCC=NOCc1cccc(F)c1)c1cnccc1C(F)(F)F. The number of rotatable bonds is 6. The highest BCUT2D eigenvalue weighted by Gasteiger charge is 2.35. The van der Waals surface area contributed by atoms with E-state index in [0.717, 1.165) is 18.5 Å². The molecule has 1 aromatic heterocycles. The highest BCUT2D eigenvalue weighted by atomic mass is 19.4. The number of hydrogen-bond acceptors (Lipinski definition) is 4. The zero-order valence-corrected chi connectivity index (χ0v) is 12.8. The summed E-state index contributed by atoms with van der Waals surface area (Å²) in [7, 11) is 0. The van der Waals surface area contributed by atoms with Crippen LogP contribution in [0.5, 0.6) is 0 Å². The number of carbonyl (C=O) groups excluding carboxylic acids is 1. The van der Waals surface area contributed by atoms with Gasteiger partial charge >= 0.3 is 6.18 Å². The standard InChI is InChI=1S/C16H13F4N3O2/c17-12-3-1-2-11(8-12)10-25-23-7-6-22-15(24)13-9-21-5-4-14(13)16(18,19)20/h1-5,7-9H,6,10H2,(H,22,24). The molecule has 0 spiro atoms. The fraction of sp³-hybridized carbons (Fsp3) is 0.188. The number of pyridine rings is 1. The number of nitrogens with zero attached hydrogens (tertiary/aromatic N) is 2. The Morgan fingerprint density at radius 3 is 2.84 bits per heavy atom. The van der Waals surface area contributed by atoms with Gasteiger partial charge in [0.05, 0.1) is 23.9 Å². The summed E-state index contributed by atoms with van der Waals surface area (Å²) in [6.45, 7) is -0.128. The fourth-order valence-corrected chi connectivity index (χ4v) is 1.88. The Hall–Kier alpha value is -2.97. The summed E-state index contributed by atoms with van der Waals surface area (Å²) in [5.74, 6) is -1.34. The van der Waals surface area contributed by atoms with E-state index in [1.165, 1.54) is 24.4 Å². The van der Waals surface area contributed by atoms with Gasteiger partial charge in [-0.3, -0.25) is 9.78 Å². The number of benzene rings is 1. The summed E-state index contributed by atoms with van der Waals surface area (Å²) < 4.78 is 51.4. The van der Waals surface area contributed by atoms with Gasteiger partial charge in [0.15, 0.2) is 0 Å². The van der Waals surface area contributed by atoms with E-state index in [1.807, 2.05) is 0 Å². The van der Waals surface area contributed by atoms with E-state index in [0.29, 0.717) is 5.56 Å². The monoisotopic (exact) mass is 355 g/mol. The third kappa shape index (κ3) is 5.55. The third-order valence-electron chi connectivity index (χ3n) is 2.99. The van der Waals surface area contributed by atoms with Crippen LogP contribution in [0.1, 0.15) is 21.5 Å². The van der Waals surface area contributed by atoms with Crippen LogP contribution >= 0.6 is 0 Å². The molecule has 0 bridgehead atoms. The summed E-state index contributed by atoms with van der Waals surface area (Å²) in [6.07, 6.45) is -1.68. The Bertz CT molecular complexity index is 763. The van der Waals surface area contributed by atoms with E-state index in [1.54, 1.807) is 6.07 Å². The van der Waals surface area contributed by atoms with Crippen LogP contribution in [0.15, 0.2) is 47.9 Å². The number of alkyl halides is 3. The molecule has 5 nitrogen and oxygen atoms in total. The zero-order valence-electron chi connectivity index (χ0n) is 12.8. The Labute approximate surface area is 140 Å². The summed E-state index contributed by atoms with van der Waals surface area (Å²) >= 11 is 0. The van der Waals surface area contributed by atoms with Crippen molar-refractivity contribution >= 4 is 12.1 Å². The van der Waals surface area contributed by atoms with Crippen LogP contribution in [-0.2, 0) is 17.6 Å². The first-order valence-corrected chi connectivity index (χ1v) is 7.05. The first kappa shape index (κ1) is 18.4. The van der Waals surface area contributed by atoms with Crippen molar-refractivity contribution in [1.82, 2.24) is 10.3 Å². The van der Waals surface area contributed by atoms with Crippen molar-refractivity contribution in [3.63, 3.8) is 0 Å². The quantitative estimate of drug-likeness (QED) is 0.492. The number of amides is 1. The molecule has 1 heterocycles. The molecule has 2 rings (SSSR count). The summed E-state index contributed by atoms with van der Waals surface area (Å²) in [5, 5.41) is 5.78. The smallest absolute Gasteiger partial charge is 0.391 e. The molecule has 0 atom stereocenters. The molecular weight excluding hydrogens is 342 g/mol. The molecule has 0 aliphatic rings. The normalized spacial score (nSPS) is 11.5. The van der Waals surface area contributed by atoms with E-state index < -0.39 is 29.0 Å². The molecule has 0 saturated carbocycles. The van der Waals surface area contributed by atoms with Gasteiger partial charge in [-0.2, -0.15) is 13.2 Å². The van der Waals surface area contributed by atoms with Gasteiger partial charge in [-0.25, -0.2) is 4.39 Å². The summed E-state index contributed by atoms with van der Waals surface area (Å²) in [6, 6.07) is 6.45. The van der Waals surface area contributed by atoms with E-state index >= 15 is 0 Å². The minimum atomic E-state index is -4.65. The average molecular weight is 355 g/mol. The topological polar surface area (TPSA) is 63.6 Å². The molecule has 2 aromatic rings. The molecule has 132 valence electrons. The van der Waals surface area contributed by atoms with Crippen molar-refractivity contribution < 1.29 is 27.2 Å². The highest BCUT2D eigenvalue weighted by molar-refractivity contribution is 5.96. The second kappa shape index (κ2) is 8.22. The second-order valence-corrected chi connectivity index (χ2v) is 4.82. The Morgan fingerprint density at radius 2 is 2.12 bits per heavy atom. The number of oxime groups is 1. The molecule has 0 saturated heterocycles. The van der Waals surface area contributed by atoms with Crippen LogP contribution in [0, 0.1) is 5.82 Å². The molecule has 0 aliphatic carbocycles. The van der Waals surface area contributed by atoms with Gasteiger partial charge in [0.25, 0.3) is 5.91 Å². The maximum atomic E-state index is 12.9. The summed E-state index contributed by atoms with van der Waals surface area (Å²) in [5.41, 5.74) is -1.09. The minimum Gasteiger partial charge on any atom is -0.391 e. The van der Waals surface area contributed by atoms with Gasteiger partial charge in [-0.15, -0.1) is 0 Å². The van der Waals surface area contributed by atoms with E-state index in [4.69, 9.17) is 4.84 Å². The average Bonchev–Trinajstić information content (AvgIpc) is 2.57. The lowest BCUT2D eigenvalue weighted by Crippen LogP contribution is -2.28. The molecule has 0 aliphatic heterocycles. The lowest BCUT2D eigenvalue weighted by atomic mass is 10.1. The van der Waals surface area contributed by atoms with Gasteiger partial charge in [0, 0.05) is 12.4 Å². The third-order valence-corrected chi connectivity index (χ3v) is 2.99. The van der Waals surface area contributed by atoms with Crippen LogP contribution in [0.2, 0.25) is 0 Å². The molecule has 25 heavy (non-hydrogen) atoms. The number of carbonyl (C=O) groups is 1. The molecule has 1 amide bonds. The van der Waals surface area contributed by atoms with Crippen LogP contribution in [-0.4, -0.2) is 23.7 Å². The molecule has 0 radical (unpaired) electrons. The lowest BCUT2D eigenvalue weighted by Gasteiger charge is -2.11. The van der Waals surface area contributed by atoms with Gasteiger partial charge < -0.3 is 10.2 Å². The second-order valence-electron chi connectivity index (χ2n) is 4.82. The molecule has 0 fully saturated rings. The van der Waals surface area contributed by atoms with Gasteiger partial charge in [-0.1, -0.05) is 17.3 Å². The number of hydrogen-bond donors (Lipinski definition) is 1. The highest BCUT2D eigenvalue weighted by Crippen LogP contribution is 2.31. The molecule has 1 aromatic carbocycles. The Morgan fingerprint density at radius 1 is 1.32 bits per heavy atom. The van der Waals surface area contributed by atoms with Crippen LogP contribution in [0.25, 0.3) is 0 Å². The van der Waals surface area contributed by atoms with Crippen molar-refractivity contribution in [3.05, 3.63) is 65.2 Å². The number of halogens is 4. The first-order chi connectivity index (χ1) is 11.9. The zero-order chi connectivity index (χ0) is 18.3. The van der Waals surface area contributed by atoms with E-state index in [-0.39, 0.29) is 13.2 Å². The first-order valence-electron chi connectivity index (χ1n) is 7.05. The molecule has 0 unspecified atom stereocenters. The predicted octanol–water partition coefficient (Wildman–Crippen LogP) is 3.17. The molecule has 9 heteroatoms. The summed E-state index contributed by atoms with van der Waals surface area (Å²) in [4.78, 5) is 20.2. The van der Waals surface area contributed by atoms with Gasteiger partial charge in [0.2, 0.25) is 0 Å². The number of nitrogens with one attached hydrogen (secondary N) is 1. The molecule has 1 N–H and O–H groups in total. The minimum absolute atomic E-state index is 0.0169. The van der Waals surface area contributed by atoms with Gasteiger partial charge in [0.1, 0.15) is 12.4 Å². The van der Waals surface area contributed by atoms with Crippen molar-refractivity contribution in [3.8, 4) is 0 Å². The number of aromatic nitrogens is 1. The fourth-order valence-electron chi connectivity index (χ4n) is 1.88. The van der Waals surface area contributed by atoms with E-state index in [9.17, 15) is 22.4 Å². The van der Waals surface area contributed by atoms with Crippen molar-refractivity contribution in [2.45, 2.75) is 12.8 Å². The lowest BCUT2D eigenvalue weighted by molar-refractivity contribution is -0.138.